The van der Waals surface area contributed by atoms with E-state index >= 15 is 0 Å². The lowest BCUT2D eigenvalue weighted by molar-refractivity contribution is -0.126. The van der Waals surface area contributed by atoms with Gasteiger partial charge in [0.15, 0.2) is 0 Å². The fourth-order valence-corrected chi connectivity index (χ4v) is 4.52. The van der Waals surface area contributed by atoms with Gasteiger partial charge in [-0.1, -0.05) is 30.3 Å². The van der Waals surface area contributed by atoms with Crippen molar-refractivity contribution in [3.63, 3.8) is 0 Å². The molecule has 0 spiro atoms. The minimum absolute atomic E-state index is 0.135. The Hall–Kier alpha value is -2.53. The van der Waals surface area contributed by atoms with Crippen molar-refractivity contribution >= 4 is 11.6 Å². The average molecular weight is 394 g/mol. The molecule has 29 heavy (non-hydrogen) atoms. The van der Waals surface area contributed by atoms with Crippen LogP contribution >= 0.6 is 0 Å². The van der Waals surface area contributed by atoms with E-state index in [0.29, 0.717) is 12.6 Å². The summed E-state index contributed by atoms with van der Waals surface area (Å²) in [5, 5.41) is 3.11. The van der Waals surface area contributed by atoms with E-state index in [0.717, 1.165) is 50.3 Å². The normalized spacial score (nSPS) is 20.6. The molecule has 2 fully saturated rings. The van der Waals surface area contributed by atoms with E-state index in [1.54, 1.807) is 7.11 Å². The van der Waals surface area contributed by atoms with E-state index in [9.17, 15) is 4.79 Å². The fourth-order valence-electron chi connectivity index (χ4n) is 4.52. The maximum absolute atomic E-state index is 12.6. The summed E-state index contributed by atoms with van der Waals surface area (Å²) in [5.41, 5.74) is 2.42. The lowest BCUT2D eigenvalue weighted by Gasteiger charge is -2.35. The number of ether oxygens (including phenoxy) is 1. The van der Waals surface area contributed by atoms with Gasteiger partial charge in [-0.15, -0.1) is 0 Å². The van der Waals surface area contributed by atoms with Crippen LogP contribution in [0.15, 0.2) is 54.6 Å². The lowest BCUT2D eigenvalue weighted by atomic mass is 9.94. The molecule has 1 unspecified atom stereocenters. The first kappa shape index (κ1) is 19.8. The number of benzene rings is 2. The average Bonchev–Trinajstić information content (AvgIpc) is 3.29. The van der Waals surface area contributed by atoms with Gasteiger partial charge in [0.05, 0.1) is 7.11 Å². The number of amides is 1. The van der Waals surface area contributed by atoms with E-state index < -0.39 is 0 Å². The molecule has 0 radical (unpaired) electrons. The van der Waals surface area contributed by atoms with Crippen molar-refractivity contribution < 1.29 is 9.53 Å². The summed E-state index contributed by atoms with van der Waals surface area (Å²) in [6, 6.07) is 19.2. The van der Waals surface area contributed by atoms with Crippen LogP contribution < -0.4 is 15.0 Å². The molecule has 5 heteroatoms. The van der Waals surface area contributed by atoms with Gasteiger partial charge in [-0.2, -0.15) is 0 Å². The molecular weight excluding hydrogens is 362 g/mol. The number of likely N-dealkylation sites (tertiary alicyclic amines) is 1. The summed E-state index contributed by atoms with van der Waals surface area (Å²) in [5.74, 6) is 1.17. The standard InChI is InChI=1S/C24H31N3O2/c1-29-23-9-7-19(8-10-23)17-25-24(28)20-11-14-26(15-12-20)22-13-16-27(18-22)21-5-3-2-4-6-21/h2-10,20,22H,11-18H2,1H3,(H,25,28). The molecule has 1 N–H and O–H groups in total. The van der Waals surface area contributed by atoms with Gasteiger partial charge in [0.25, 0.3) is 0 Å². The first-order chi connectivity index (χ1) is 14.2. The van der Waals surface area contributed by atoms with Gasteiger partial charge < -0.3 is 15.0 Å². The van der Waals surface area contributed by atoms with Crippen LogP contribution in [0.2, 0.25) is 0 Å². The Morgan fingerprint density at radius 1 is 1.00 bits per heavy atom. The maximum Gasteiger partial charge on any atom is 0.223 e. The van der Waals surface area contributed by atoms with Crippen LogP contribution in [0.25, 0.3) is 0 Å². The second-order valence-electron chi connectivity index (χ2n) is 8.10. The summed E-state index contributed by atoms with van der Waals surface area (Å²) in [4.78, 5) is 17.7. The number of carbonyl (C=O) groups excluding carboxylic acids is 1. The smallest absolute Gasteiger partial charge is 0.223 e. The molecular formula is C24H31N3O2. The van der Waals surface area contributed by atoms with E-state index in [1.807, 2.05) is 24.3 Å². The zero-order chi connectivity index (χ0) is 20.1. The molecule has 2 saturated heterocycles. The number of methoxy groups -OCH3 is 1. The maximum atomic E-state index is 12.6. The Morgan fingerprint density at radius 3 is 2.41 bits per heavy atom. The van der Waals surface area contributed by atoms with Crippen molar-refractivity contribution in [1.82, 2.24) is 10.2 Å². The topological polar surface area (TPSA) is 44.8 Å². The highest BCUT2D eigenvalue weighted by Gasteiger charge is 2.32. The second kappa shape index (κ2) is 9.31. The minimum atomic E-state index is 0.135. The third-order valence-electron chi connectivity index (χ3n) is 6.33. The van der Waals surface area contributed by atoms with Crippen LogP contribution in [0.1, 0.15) is 24.8 Å². The van der Waals surface area contributed by atoms with Gasteiger partial charge in [0, 0.05) is 37.3 Å². The highest BCUT2D eigenvalue weighted by atomic mass is 16.5. The first-order valence-electron chi connectivity index (χ1n) is 10.7. The molecule has 2 heterocycles. The molecule has 2 aliphatic rings. The zero-order valence-corrected chi connectivity index (χ0v) is 17.2. The van der Waals surface area contributed by atoms with Crippen LogP contribution in [0, 0.1) is 5.92 Å². The Bertz CT molecular complexity index is 786. The van der Waals surface area contributed by atoms with E-state index in [2.05, 4.69) is 45.4 Å². The monoisotopic (exact) mass is 393 g/mol. The van der Waals surface area contributed by atoms with Crippen LogP contribution in [0.3, 0.4) is 0 Å². The Balaban J connectivity index is 1.21. The SMILES string of the molecule is COc1ccc(CNC(=O)C2CCN(C3CCN(c4ccccc4)C3)CC2)cc1. The van der Waals surface area contributed by atoms with Gasteiger partial charge in [-0.3, -0.25) is 9.69 Å². The molecule has 0 saturated carbocycles. The largest absolute Gasteiger partial charge is 0.497 e. The number of nitrogens with zero attached hydrogens (tertiary/aromatic N) is 2. The number of nitrogens with one attached hydrogen (secondary N) is 1. The van der Waals surface area contributed by atoms with Gasteiger partial charge in [-0.05, 0) is 62.2 Å². The molecule has 2 aromatic rings. The second-order valence-corrected chi connectivity index (χ2v) is 8.10. The number of piperidine rings is 1. The van der Waals surface area contributed by atoms with Crippen molar-refractivity contribution in [2.75, 3.05) is 38.2 Å². The molecule has 0 aliphatic carbocycles. The molecule has 1 atom stereocenters. The lowest BCUT2D eigenvalue weighted by Crippen LogP contribution is -2.45. The van der Waals surface area contributed by atoms with Gasteiger partial charge in [0.2, 0.25) is 5.91 Å². The number of carbonyl (C=O) groups is 1. The molecule has 0 aromatic heterocycles. The fraction of sp³-hybridized carbons (Fsp3) is 0.458. The summed E-state index contributed by atoms with van der Waals surface area (Å²) in [6.07, 6.45) is 3.12. The van der Waals surface area contributed by atoms with Crippen LogP contribution in [0.5, 0.6) is 5.75 Å². The van der Waals surface area contributed by atoms with Crippen molar-refractivity contribution in [1.29, 1.82) is 0 Å². The van der Waals surface area contributed by atoms with E-state index in [-0.39, 0.29) is 11.8 Å². The van der Waals surface area contributed by atoms with Gasteiger partial charge in [0.1, 0.15) is 5.75 Å². The molecule has 4 rings (SSSR count). The van der Waals surface area contributed by atoms with Gasteiger partial charge >= 0.3 is 0 Å². The first-order valence-corrected chi connectivity index (χ1v) is 10.7. The quantitative estimate of drug-likeness (QED) is 0.818. The van der Waals surface area contributed by atoms with E-state index in [4.69, 9.17) is 4.74 Å². The number of anilines is 1. The van der Waals surface area contributed by atoms with Crippen molar-refractivity contribution in [3.05, 3.63) is 60.2 Å². The highest BCUT2D eigenvalue weighted by molar-refractivity contribution is 5.78. The number of para-hydroxylation sites is 1. The Morgan fingerprint density at radius 2 is 1.72 bits per heavy atom. The van der Waals surface area contributed by atoms with Crippen LogP contribution in [0.4, 0.5) is 5.69 Å². The third kappa shape index (κ3) is 4.91. The Kier molecular flexibility index (Phi) is 6.35. The highest BCUT2D eigenvalue weighted by Crippen LogP contribution is 2.26. The Labute approximate surface area is 173 Å². The molecule has 0 bridgehead atoms. The van der Waals surface area contributed by atoms with Crippen molar-refractivity contribution in [3.8, 4) is 5.75 Å². The molecule has 1 amide bonds. The van der Waals surface area contributed by atoms with Crippen LogP contribution in [-0.4, -0.2) is 50.1 Å². The molecule has 2 aromatic carbocycles. The predicted molar refractivity (Wildman–Crippen MR) is 116 cm³/mol. The zero-order valence-electron chi connectivity index (χ0n) is 17.2. The predicted octanol–water partition coefficient (Wildman–Crippen LogP) is 3.30. The number of hydrogen-bond donors (Lipinski definition) is 1. The van der Waals surface area contributed by atoms with E-state index in [1.165, 1.54) is 12.1 Å². The molecule has 2 aliphatic heterocycles. The summed E-state index contributed by atoms with van der Waals surface area (Å²) in [7, 11) is 1.66. The van der Waals surface area contributed by atoms with Gasteiger partial charge in [-0.25, -0.2) is 0 Å². The molecule has 154 valence electrons. The van der Waals surface area contributed by atoms with Crippen molar-refractivity contribution in [2.45, 2.75) is 31.8 Å². The van der Waals surface area contributed by atoms with Crippen molar-refractivity contribution in [2.24, 2.45) is 5.92 Å². The number of rotatable bonds is 6. The van der Waals surface area contributed by atoms with Crippen LogP contribution in [-0.2, 0) is 11.3 Å². The summed E-state index contributed by atoms with van der Waals surface area (Å²) >= 11 is 0. The molecule has 5 nitrogen and oxygen atoms in total. The third-order valence-corrected chi connectivity index (χ3v) is 6.33. The summed E-state index contributed by atoms with van der Waals surface area (Å²) in [6.45, 7) is 4.84. The summed E-state index contributed by atoms with van der Waals surface area (Å²) < 4.78 is 5.18. The minimum Gasteiger partial charge on any atom is -0.497 e. The number of hydrogen-bond acceptors (Lipinski definition) is 4.